The third kappa shape index (κ3) is 3.28. The summed E-state index contributed by atoms with van der Waals surface area (Å²) in [6.07, 6.45) is -0.499. The third-order valence-electron chi connectivity index (χ3n) is 1.75. The first-order valence-corrected chi connectivity index (χ1v) is 5.17. The van der Waals surface area contributed by atoms with E-state index in [-0.39, 0.29) is 12.2 Å². The van der Waals surface area contributed by atoms with Crippen LogP contribution in [0.5, 0.6) is 0 Å². The average molecular weight is 243 g/mol. The van der Waals surface area contributed by atoms with Crippen molar-refractivity contribution in [1.29, 1.82) is 0 Å². The zero-order valence-corrected chi connectivity index (χ0v) is 8.70. The van der Waals surface area contributed by atoms with Crippen molar-refractivity contribution in [2.75, 3.05) is 5.33 Å². The molecule has 0 aliphatic rings. The van der Waals surface area contributed by atoms with Gasteiger partial charge in [-0.1, -0.05) is 46.3 Å². The lowest BCUT2D eigenvalue weighted by atomic mass is 10.1. The summed E-state index contributed by atoms with van der Waals surface area (Å²) in [6.45, 7) is 0. The van der Waals surface area contributed by atoms with Crippen LogP contribution >= 0.6 is 15.9 Å². The van der Waals surface area contributed by atoms with Crippen LogP contribution in [0, 0.1) is 0 Å². The topological polar surface area (TPSA) is 37.3 Å². The van der Waals surface area contributed by atoms with E-state index in [1.165, 1.54) is 0 Å². The van der Waals surface area contributed by atoms with Gasteiger partial charge in [0.2, 0.25) is 0 Å². The average Bonchev–Trinajstić information content (AvgIpc) is 2.19. The van der Waals surface area contributed by atoms with Crippen molar-refractivity contribution >= 4 is 21.7 Å². The van der Waals surface area contributed by atoms with E-state index in [1.807, 2.05) is 30.3 Å². The quantitative estimate of drug-likeness (QED) is 0.822. The van der Waals surface area contributed by atoms with E-state index in [1.54, 1.807) is 0 Å². The van der Waals surface area contributed by atoms with Crippen LogP contribution in [-0.4, -0.2) is 16.2 Å². The highest BCUT2D eigenvalue weighted by atomic mass is 79.9. The Morgan fingerprint density at radius 3 is 2.54 bits per heavy atom. The molecule has 1 N–H and O–H groups in total. The summed E-state index contributed by atoms with van der Waals surface area (Å²) in [7, 11) is 0. The Labute approximate surface area is 85.7 Å². The van der Waals surface area contributed by atoms with Crippen molar-refractivity contribution in [3.63, 3.8) is 0 Å². The smallest absolute Gasteiger partial charge is 0.146 e. The van der Waals surface area contributed by atoms with Gasteiger partial charge in [-0.25, -0.2) is 0 Å². The van der Waals surface area contributed by atoms with Gasteiger partial charge in [-0.15, -0.1) is 0 Å². The second-order valence-electron chi connectivity index (χ2n) is 2.80. The summed E-state index contributed by atoms with van der Waals surface area (Å²) in [4.78, 5) is 11.0. The van der Waals surface area contributed by atoms with Crippen LogP contribution in [-0.2, 0) is 4.79 Å². The van der Waals surface area contributed by atoms with Crippen LogP contribution < -0.4 is 0 Å². The maximum absolute atomic E-state index is 11.0. The number of aliphatic hydroxyl groups excluding tert-OH is 1. The van der Waals surface area contributed by atoms with Crippen LogP contribution in [0.1, 0.15) is 18.1 Å². The first-order chi connectivity index (χ1) is 6.24. The number of carbonyl (C=O) groups excluding carboxylic acids is 1. The molecule has 1 rings (SSSR count). The lowest BCUT2D eigenvalue weighted by Crippen LogP contribution is -2.07. The molecule has 0 aliphatic carbocycles. The number of Topliss-reactive ketones (excluding diaryl/α,β-unsaturated/α-hetero) is 1. The number of rotatable bonds is 4. The molecule has 2 nitrogen and oxygen atoms in total. The van der Waals surface area contributed by atoms with E-state index in [0.29, 0.717) is 5.33 Å². The standard InChI is InChI=1S/C10H11BrO2/c11-7-9(12)6-10(13)8-4-2-1-3-5-8/h1-5,10,13H,6-7H2. The molecule has 0 bridgehead atoms. The summed E-state index contributed by atoms with van der Waals surface area (Å²) >= 11 is 3.06. The molecule has 0 aromatic heterocycles. The predicted octanol–water partition coefficient (Wildman–Crippen LogP) is 2.07. The fourth-order valence-corrected chi connectivity index (χ4v) is 1.29. The molecular weight excluding hydrogens is 232 g/mol. The molecule has 3 heteroatoms. The Balaban J connectivity index is 2.59. The number of halogens is 1. The Morgan fingerprint density at radius 2 is 2.00 bits per heavy atom. The summed E-state index contributed by atoms with van der Waals surface area (Å²) in [5.41, 5.74) is 0.789. The predicted molar refractivity (Wildman–Crippen MR) is 54.8 cm³/mol. The van der Waals surface area contributed by atoms with Crippen molar-refractivity contribution in [1.82, 2.24) is 0 Å². The molecule has 1 aromatic carbocycles. The zero-order chi connectivity index (χ0) is 9.68. The highest BCUT2D eigenvalue weighted by Gasteiger charge is 2.10. The lowest BCUT2D eigenvalue weighted by Gasteiger charge is -2.08. The minimum atomic E-state index is -0.675. The molecule has 0 aliphatic heterocycles. The van der Waals surface area contributed by atoms with E-state index in [9.17, 15) is 9.90 Å². The van der Waals surface area contributed by atoms with Gasteiger partial charge in [0, 0.05) is 6.42 Å². The highest BCUT2D eigenvalue weighted by molar-refractivity contribution is 9.09. The van der Waals surface area contributed by atoms with Gasteiger partial charge in [-0.3, -0.25) is 4.79 Å². The number of alkyl halides is 1. The Bertz CT molecular complexity index is 272. The Kier molecular flexibility index (Phi) is 4.12. The first-order valence-electron chi connectivity index (χ1n) is 4.04. The number of hydrogen-bond acceptors (Lipinski definition) is 2. The summed E-state index contributed by atoms with van der Waals surface area (Å²) in [5.74, 6) is 0.0105. The van der Waals surface area contributed by atoms with E-state index in [4.69, 9.17) is 0 Å². The van der Waals surface area contributed by atoms with Gasteiger partial charge in [0.25, 0.3) is 0 Å². The summed E-state index contributed by atoms with van der Waals surface area (Å²) < 4.78 is 0. The van der Waals surface area contributed by atoms with Crippen molar-refractivity contribution in [3.8, 4) is 0 Å². The van der Waals surface area contributed by atoms with Gasteiger partial charge in [0.05, 0.1) is 11.4 Å². The largest absolute Gasteiger partial charge is 0.388 e. The van der Waals surface area contributed by atoms with E-state index >= 15 is 0 Å². The molecule has 0 spiro atoms. The van der Waals surface area contributed by atoms with Crippen LogP contribution in [0.15, 0.2) is 30.3 Å². The van der Waals surface area contributed by atoms with Crippen LogP contribution in [0.4, 0.5) is 0 Å². The maximum atomic E-state index is 11.0. The summed E-state index contributed by atoms with van der Waals surface area (Å²) in [6, 6.07) is 9.19. The van der Waals surface area contributed by atoms with E-state index in [0.717, 1.165) is 5.56 Å². The molecule has 0 fully saturated rings. The molecule has 0 amide bonds. The van der Waals surface area contributed by atoms with Gasteiger partial charge >= 0.3 is 0 Å². The normalized spacial score (nSPS) is 12.5. The summed E-state index contributed by atoms with van der Waals surface area (Å²) in [5, 5.41) is 9.88. The van der Waals surface area contributed by atoms with Crippen LogP contribution in [0.3, 0.4) is 0 Å². The van der Waals surface area contributed by atoms with Gasteiger partial charge in [-0.05, 0) is 5.56 Å². The Hall–Kier alpha value is -0.670. The van der Waals surface area contributed by atoms with Gasteiger partial charge in [0.15, 0.2) is 0 Å². The second kappa shape index (κ2) is 5.14. The van der Waals surface area contributed by atoms with Gasteiger partial charge in [0.1, 0.15) is 5.78 Å². The fourth-order valence-electron chi connectivity index (χ4n) is 1.06. The second-order valence-corrected chi connectivity index (χ2v) is 3.36. The zero-order valence-electron chi connectivity index (χ0n) is 7.11. The molecule has 0 heterocycles. The van der Waals surface area contributed by atoms with Crippen molar-refractivity contribution < 1.29 is 9.90 Å². The molecule has 13 heavy (non-hydrogen) atoms. The van der Waals surface area contributed by atoms with E-state index < -0.39 is 6.10 Å². The molecular formula is C10H11BrO2. The minimum Gasteiger partial charge on any atom is -0.388 e. The number of carbonyl (C=O) groups is 1. The number of benzene rings is 1. The van der Waals surface area contributed by atoms with Crippen LogP contribution in [0.25, 0.3) is 0 Å². The third-order valence-corrected chi connectivity index (χ3v) is 2.38. The van der Waals surface area contributed by atoms with E-state index in [2.05, 4.69) is 15.9 Å². The molecule has 0 saturated carbocycles. The lowest BCUT2D eigenvalue weighted by molar-refractivity contribution is -0.118. The van der Waals surface area contributed by atoms with Gasteiger partial charge < -0.3 is 5.11 Å². The molecule has 1 atom stereocenters. The highest BCUT2D eigenvalue weighted by Crippen LogP contribution is 2.16. The van der Waals surface area contributed by atoms with Crippen molar-refractivity contribution in [3.05, 3.63) is 35.9 Å². The number of ketones is 1. The molecule has 1 unspecified atom stereocenters. The molecule has 70 valence electrons. The maximum Gasteiger partial charge on any atom is 0.146 e. The minimum absolute atomic E-state index is 0.0105. The van der Waals surface area contributed by atoms with Crippen molar-refractivity contribution in [2.24, 2.45) is 0 Å². The number of hydrogen-bond donors (Lipinski definition) is 1. The fraction of sp³-hybridized carbons (Fsp3) is 0.300. The number of aliphatic hydroxyl groups is 1. The molecule has 0 radical (unpaired) electrons. The molecule has 0 saturated heterocycles. The Morgan fingerprint density at radius 1 is 1.38 bits per heavy atom. The monoisotopic (exact) mass is 242 g/mol. The first kappa shape index (κ1) is 10.4. The molecule has 1 aromatic rings. The SMILES string of the molecule is O=C(CBr)CC(O)c1ccccc1. The van der Waals surface area contributed by atoms with Crippen molar-refractivity contribution in [2.45, 2.75) is 12.5 Å². The van der Waals surface area contributed by atoms with Gasteiger partial charge in [-0.2, -0.15) is 0 Å². The van der Waals surface area contributed by atoms with Crippen LogP contribution in [0.2, 0.25) is 0 Å².